The molecule has 1 aromatic heterocycles. The summed E-state index contributed by atoms with van der Waals surface area (Å²) in [5.41, 5.74) is 2.01. The highest BCUT2D eigenvalue weighted by Gasteiger charge is 2.11. The molecule has 0 saturated carbocycles. The summed E-state index contributed by atoms with van der Waals surface area (Å²) in [6.07, 6.45) is 0. The van der Waals surface area contributed by atoms with Crippen molar-refractivity contribution in [1.29, 1.82) is 0 Å². The van der Waals surface area contributed by atoms with Crippen molar-refractivity contribution in [2.24, 2.45) is 0 Å². The number of fused-ring (bicyclic) bond motifs is 1. The first kappa shape index (κ1) is 16.3. The maximum Gasteiger partial charge on any atom is 0.264 e. The highest BCUT2D eigenvalue weighted by atomic mass is 32.1. The van der Waals surface area contributed by atoms with Gasteiger partial charge in [-0.1, -0.05) is 35.6 Å². The topological polar surface area (TPSA) is 60.5 Å². The Labute approximate surface area is 144 Å². The number of ether oxygens (including phenoxy) is 2. The Morgan fingerprint density at radius 3 is 2.58 bits per heavy atom. The molecule has 0 aliphatic rings. The van der Waals surface area contributed by atoms with Gasteiger partial charge in [0.15, 0.2) is 23.2 Å². The van der Waals surface area contributed by atoms with Crippen molar-refractivity contribution in [3.63, 3.8) is 0 Å². The van der Waals surface area contributed by atoms with E-state index in [4.69, 9.17) is 9.47 Å². The Hall–Kier alpha value is -2.60. The van der Waals surface area contributed by atoms with Gasteiger partial charge in [-0.05, 0) is 37.6 Å². The molecule has 0 bridgehead atoms. The summed E-state index contributed by atoms with van der Waals surface area (Å²) in [4.78, 5) is 16.6. The van der Waals surface area contributed by atoms with Crippen molar-refractivity contribution >= 4 is 32.6 Å². The third-order valence-corrected chi connectivity index (χ3v) is 4.31. The van der Waals surface area contributed by atoms with Crippen LogP contribution < -0.4 is 14.8 Å². The number of carbonyl (C=O) groups excluding carboxylic acids is 1. The van der Waals surface area contributed by atoms with Crippen LogP contribution in [0, 0.1) is 6.92 Å². The van der Waals surface area contributed by atoms with Gasteiger partial charge in [0, 0.05) is 0 Å². The van der Waals surface area contributed by atoms with Gasteiger partial charge >= 0.3 is 0 Å². The molecule has 0 aliphatic carbocycles. The van der Waals surface area contributed by atoms with Crippen LogP contribution in [0.4, 0.5) is 5.13 Å². The molecule has 0 fully saturated rings. The zero-order valence-electron chi connectivity index (χ0n) is 13.5. The number of rotatable bonds is 6. The van der Waals surface area contributed by atoms with E-state index in [1.807, 2.05) is 50.2 Å². The van der Waals surface area contributed by atoms with Crippen molar-refractivity contribution in [1.82, 2.24) is 4.98 Å². The van der Waals surface area contributed by atoms with Crippen molar-refractivity contribution in [3.8, 4) is 11.5 Å². The molecule has 2 aromatic carbocycles. The summed E-state index contributed by atoms with van der Waals surface area (Å²) in [6.45, 7) is 4.34. The van der Waals surface area contributed by atoms with Gasteiger partial charge in [0.1, 0.15) is 0 Å². The molecule has 0 unspecified atom stereocenters. The van der Waals surface area contributed by atoms with Crippen molar-refractivity contribution < 1.29 is 14.3 Å². The van der Waals surface area contributed by atoms with Crippen LogP contribution in [-0.2, 0) is 4.79 Å². The van der Waals surface area contributed by atoms with Gasteiger partial charge in [-0.3, -0.25) is 10.1 Å². The van der Waals surface area contributed by atoms with Crippen LogP contribution in [0.5, 0.6) is 11.5 Å². The van der Waals surface area contributed by atoms with Gasteiger partial charge in [-0.2, -0.15) is 0 Å². The summed E-state index contributed by atoms with van der Waals surface area (Å²) in [6, 6.07) is 13.3. The quantitative estimate of drug-likeness (QED) is 0.735. The van der Waals surface area contributed by atoms with Crippen LogP contribution in [0.25, 0.3) is 10.2 Å². The number of benzene rings is 2. The van der Waals surface area contributed by atoms with E-state index in [0.29, 0.717) is 23.2 Å². The number of nitrogens with zero attached hydrogens (tertiary/aromatic N) is 1. The smallest absolute Gasteiger partial charge is 0.264 e. The predicted molar refractivity (Wildman–Crippen MR) is 96.1 cm³/mol. The molecule has 1 heterocycles. The number of anilines is 1. The van der Waals surface area contributed by atoms with Gasteiger partial charge in [0.25, 0.3) is 5.91 Å². The van der Waals surface area contributed by atoms with Gasteiger partial charge in [0.05, 0.1) is 16.8 Å². The normalized spacial score (nSPS) is 10.6. The van der Waals surface area contributed by atoms with Gasteiger partial charge in [-0.15, -0.1) is 0 Å². The standard InChI is InChI=1S/C18H18N2O3S/c1-3-22-13-8-4-5-9-14(13)23-11-16(21)19-18-20-17-12(2)7-6-10-15(17)24-18/h4-10H,3,11H2,1-2H3,(H,19,20,21). The first-order valence-corrected chi connectivity index (χ1v) is 8.49. The molecule has 1 N–H and O–H groups in total. The maximum absolute atomic E-state index is 12.1. The number of amides is 1. The summed E-state index contributed by atoms with van der Waals surface area (Å²) >= 11 is 1.45. The minimum absolute atomic E-state index is 0.0982. The lowest BCUT2D eigenvalue weighted by Crippen LogP contribution is -2.20. The van der Waals surface area contributed by atoms with Crippen LogP contribution in [0.15, 0.2) is 42.5 Å². The zero-order valence-corrected chi connectivity index (χ0v) is 14.4. The summed E-state index contributed by atoms with van der Waals surface area (Å²) in [5.74, 6) is 0.927. The molecular weight excluding hydrogens is 324 g/mol. The number of carbonyl (C=O) groups is 1. The SMILES string of the molecule is CCOc1ccccc1OCC(=O)Nc1nc2c(C)cccc2s1. The van der Waals surface area contributed by atoms with Crippen LogP contribution in [0.3, 0.4) is 0 Å². The van der Waals surface area contributed by atoms with E-state index in [9.17, 15) is 4.79 Å². The Balaban J connectivity index is 1.64. The fourth-order valence-electron chi connectivity index (χ4n) is 2.28. The fourth-order valence-corrected chi connectivity index (χ4v) is 3.24. The number of thiazole rings is 1. The molecular formula is C18H18N2O3S. The molecule has 3 aromatic rings. The first-order chi connectivity index (χ1) is 11.7. The van der Waals surface area contributed by atoms with Gasteiger partial charge < -0.3 is 9.47 Å². The molecule has 3 rings (SSSR count). The Morgan fingerprint density at radius 2 is 1.88 bits per heavy atom. The number of hydrogen-bond donors (Lipinski definition) is 1. The van der Waals surface area contributed by atoms with E-state index in [2.05, 4.69) is 10.3 Å². The Bertz CT molecular complexity index is 860. The summed E-state index contributed by atoms with van der Waals surface area (Å²) in [5, 5.41) is 3.36. The molecule has 24 heavy (non-hydrogen) atoms. The fraction of sp³-hybridized carbons (Fsp3) is 0.222. The highest BCUT2D eigenvalue weighted by Crippen LogP contribution is 2.28. The van der Waals surface area contributed by atoms with Crippen molar-refractivity contribution in [2.45, 2.75) is 13.8 Å². The van der Waals surface area contributed by atoms with E-state index in [0.717, 1.165) is 15.8 Å². The molecule has 0 radical (unpaired) electrons. The van der Waals surface area contributed by atoms with E-state index in [1.54, 1.807) is 6.07 Å². The summed E-state index contributed by atoms with van der Waals surface area (Å²) in [7, 11) is 0. The zero-order chi connectivity index (χ0) is 16.9. The minimum Gasteiger partial charge on any atom is -0.490 e. The molecule has 6 heteroatoms. The van der Waals surface area contributed by atoms with Gasteiger partial charge in [-0.25, -0.2) is 4.98 Å². The van der Waals surface area contributed by atoms with E-state index >= 15 is 0 Å². The van der Waals surface area contributed by atoms with Crippen molar-refractivity contribution in [3.05, 3.63) is 48.0 Å². The number of para-hydroxylation sites is 3. The molecule has 0 atom stereocenters. The van der Waals surface area contributed by atoms with Crippen LogP contribution in [0.2, 0.25) is 0 Å². The second-order valence-corrected chi connectivity index (χ2v) is 6.19. The van der Waals surface area contributed by atoms with Gasteiger partial charge in [0.2, 0.25) is 0 Å². The molecule has 0 spiro atoms. The third-order valence-electron chi connectivity index (χ3n) is 3.37. The molecule has 1 amide bonds. The highest BCUT2D eigenvalue weighted by molar-refractivity contribution is 7.22. The Morgan fingerprint density at radius 1 is 1.12 bits per heavy atom. The van der Waals surface area contributed by atoms with Crippen LogP contribution in [-0.4, -0.2) is 24.1 Å². The monoisotopic (exact) mass is 342 g/mol. The largest absolute Gasteiger partial charge is 0.490 e. The summed E-state index contributed by atoms with van der Waals surface area (Å²) < 4.78 is 12.1. The average molecular weight is 342 g/mol. The van der Waals surface area contributed by atoms with Crippen LogP contribution >= 0.6 is 11.3 Å². The predicted octanol–water partition coefficient (Wildman–Crippen LogP) is 4.02. The van der Waals surface area contributed by atoms with Crippen molar-refractivity contribution in [2.75, 3.05) is 18.5 Å². The lowest BCUT2D eigenvalue weighted by Gasteiger charge is -2.10. The Kier molecular flexibility index (Phi) is 4.96. The van der Waals surface area contributed by atoms with E-state index in [-0.39, 0.29) is 12.5 Å². The number of aryl methyl sites for hydroxylation is 1. The lowest BCUT2D eigenvalue weighted by molar-refractivity contribution is -0.118. The first-order valence-electron chi connectivity index (χ1n) is 7.68. The van der Waals surface area contributed by atoms with Crippen LogP contribution in [0.1, 0.15) is 12.5 Å². The number of nitrogens with one attached hydrogen (secondary N) is 1. The second-order valence-electron chi connectivity index (χ2n) is 5.16. The average Bonchev–Trinajstić information content (AvgIpc) is 2.98. The molecule has 124 valence electrons. The lowest BCUT2D eigenvalue weighted by atomic mass is 10.2. The second kappa shape index (κ2) is 7.31. The third kappa shape index (κ3) is 3.65. The van der Waals surface area contributed by atoms with E-state index < -0.39 is 0 Å². The minimum atomic E-state index is -0.252. The maximum atomic E-state index is 12.1. The number of aromatic nitrogens is 1. The molecule has 0 aliphatic heterocycles. The molecule has 0 saturated heterocycles. The number of hydrogen-bond acceptors (Lipinski definition) is 5. The molecule has 5 nitrogen and oxygen atoms in total. The van der Waals surface area contributed by atoms with E-state index in [1.165, 1.54) is 11.3 Å².